The lowest BCUT2D eigenvalue weighted by molar-refractivity contribution is 0.0817. The van der Waals surface area contributed by atoms with Gasteiger partial charge in [0.15, 0.2) is 0 Å². The van der Waals surface area contributed by atoms with E-state index in [1.54, 1.807) is 6.07 Å². The van der Waals surface area contributed by atoms with Crippen LogP contribution >= 0.6 is 0 Å². The first-order valence-corrected chi connectivity index (χ1v) is 3.49. The molecular formula is C8H6F2N2O. The molecule has 1 aromatic heterocycles. The van der Waals surface area contributed by atoms with Crippen molar-refractivity contribution in [2.24, 2.45) is 0 Å². The van der Waals surface area contributed by atoms with Crippen LogP contribution in [-0.2, 0) is 0 Å². The summed E-state index contributed by atoms with van der Waals surface area (Å²) in [4.78, 5) is 3.64. The van der Waals surface area contributed by atoms with Crippen LogP contribution in [0.4, 0.5) is 8.78 Å². The normalized spacial score (nSPS) is 9.69. The molecule has 3 nitrogen and oxygen atoms in total. The number of pyridine rings is 1. The van der Waals surface area contributed by atoms with Gasteiger partial charge in [-0.15, -0.1) is 0 Å². The Morgan fingerprint density at radius 2 is 2.31 bits per heavy atom. The summed E-state index contributed by atoms with van der Waals surface area (Å²) in [6.45, 7) is -0.659. The molecule has 1 aromatic rings. The van der Waals surface area contributed by atoms with Crippen molar-refractivity contribution >= 4 is 0 Å². The van der Waals surface area contributed by atoms with Crippen LogP contribution in [0.2, 0.25) is 0 Å². The second-order valence-electron chi connectivity index (χ2n) is 2.19. The Hall–Kier alpha value is -1.70. The maximum absolute atomic E-state index is 11.7. The summed E-state index contributed by atoms with van der Waals surface area (Å²) in [5.41, 5.74) is 0.226. The number of aromatic nitrogens is 1. The van der Waals surface area contributed by atoms with Gasteiger partial charge in [0.25, 0.3) is 6.43 Å². The molecule has 0 bridgehead atoms. The molecule has 0 fully saturated rings. The minimum Gasteiger partial charge on any atom is -0.486 e. The molecule has 13 heavy (non-hydrogen) atoms. The lowest BCUT2D eigenvalue weighted by atomic mass is 10.4. The Bertz CT molecular complexity index is 305. The van der Waals surface area contributed by atoms with E-state index in [0.29, 0.717) is 0 Å². The highest BCUT2D eigenvalue weighted by Gasteiger charge is 2.03. The molecule has 0 aromatic carbocycles. The van der Waals surface area contributed by atoms with Crippen molar-refractivity contribution in [3.8, 4) is 11.8 Å². The minimum absolute atomic E-state index is 0.226. The van der Waals surface area contributed by atoms with E-state index in [1.807, 2.05) is 0 Å². The van der Waals surface area contributed by atoms with E-state index >= 15 is 0 Å². The van der Waals surface area contributed by atoms with Gasteiger partial charge in [-0.3, -0.25) is 0 Å². The molecule has 0 aliphatic carbocycles. The molecule has 1 rings (SSSR count). The van der Waals surface area contributed by atoms with Crippen LogP contribution in [0.1, 0.15) is 5.69 Å². The van der Waals surface area contributed by atoms with Crippen LogP contribution in [0.15, 0.2) is 18.3 Å². The second-order valence-corrected chi connectivity index (χ2v) is 2.19. The number of halogens is 2. The maximum atomic E-state index is 11.7. The SMILES string of the molecule is N#Cc1ccc(OCC(F)F)cn1. The van der Waals surface area contributed by atoms with Gasteiger partial charge < -0.3 is 4.74 Å². The van der Waals surface area contributed by atoms with Crippen LogP contribution in [0, 0.1) is 11.3 Å². The van der Waals surface area contributed by atoms with E-state index in [1.165, 1.54) is 18.3 Å². The van der Waals surface area contributed by atoms with E-state index in [-0.39, 0.29) is 11.4 Å². The Balaban J connectivity index is 2.55. The first-order valence-electron chi connectivity index (χ1n) is 3.49. The molecule has 0 aliphatic rings. The fourth-order valence-electron chi connectivity index (χ4n) is 0.691. The van der Waals surface area contributed by atoms with Crippen LogP contribution in [0.25, 0.3) is 0 Å². The fraction of sp³-hybridized carbons (Fsp3) is 0.250. The fourth-order valence-corrected chi connectivity index (χ4v) is 0.691. The number of nitriles is 1. The summed E-state index contributed by atoms with van der Waals surface area (Å²) < 4.78 is 28.0. The Morgan fingerprint density at radius 1 is 1.54 bits per heavy atom. The van der Waals surface area contributed by atoms with Gasteiger partial charge >= 0.3 is 0 Å². The monoisotopic (exact) mass is 184 g/mol. The maximum Gasteiger partial charge on any atom is 0.272 e. The topological polar surface area (TPSA) is 45.9 Å². The minimum atomic E-state index is -2.50. The van der Waals surface area contributed by atoms with E-state index in [4.69, 9.17) is 5.26 Å². The van der Waals surface area contributed by atoms with Crippen molar-refractivity contribution in [1.82, 2.24) is 4.98 Å². The van der Waals surface area contributed by atoms with Crippen molar-refractivity contribution in [3.63, 3.8) is 0 Å². The zero-order valence-electron chi connectivity index (χ0n) is 6.58. The van der Waals surface area contributed by atoms with Crippen LogP contribution in [0.3, 0.4) is 0 Å². The van der Waals surface area contributed by atoms with Crippen LogP contribution < -0.4 is 4.74 Å². The van der Waals surface area contributed by atoms with Gasteiger partial charge in [-0.25, -0.2) is 13.8 Å². The highest BCUT2D eigenvalue weighted by Crippen LogP contribution is 2.09. The van der Waals surface area contributed by atoms with Crippen molar-refractivity contribution in [3.05, 3.63) is 24.0 Å². The number of nitrogens with zero attached hydrogens (tertiary/aromatic N) is 2. The van der Waals surface area contributed by atoms with Crippen LogP contribution in [-0.4, -0.2) is 18.0 Å². The molecule has 0 spiro atoms. The lowest BCUT2D eigenvalue weighted by Crippen LogP contribution is -2.07. The third-order valence-electron chi connectivity index (χ3n) is 1.23. The molecule has 0 saturated carbocycles. The molecular weight excluding hydrogens is 178 g/mol. The molecule has 0 amide bonds. The summed E-state index contributed by atoms with van der Waals surface area (Å²) >= 11 is 0. The second kappa shape index (κ2) is 4.36. The third kappa shape index (κ3) is 3.03. The van der Waals surface area contributed by atoms with Gasteiger partial charge in [-0.1, -0.05) is 0 Å². The van der Waals surface area contributed by atoms with Gasteiger partial charge in [0.2, 0.25) is 0 Å². The van der Waals surface area contributed by atoms with Crippen molar-refractivity contribution in [2.45, 2.75) is 6.43 Å². The van der Waals surface area contributed by atoms with Gasteiger partial charge in [-0.05, 0) is 12.1 Å². The van der Waals surface area contributed by atoms with Crippen molar-refractivity contribution < 1.29 is 13.5 Å². The highest BCUT2D eigenvalue weighted by molar-refractivity contribution is 5.26. The van der Waals surface area contributed by atoms with Gasteiger partial charge in [-0.2, -0.15) is 5.26 Å². The highest BCUT2D eigenvalue weighted by atomic mass is 19.3. The number of alkyl halides is 2. The van der Waals surface area contributed by atoms with Gasteiger partial charge in [0, 0.05) is 0 Å². The smallest absolute Gasteiger partial charge is 0.272 e. The lowest BCUT2D eigenvalue weighted by Gasteiger charge is -2.03. The third-order valence-corrected chi connectivity index (χ3v) is 1.23. The first kappa shape index (κ1) is 9.39. The molecule has 0 atom stereocenters. The Labute approximate surface area is 73.6 Å². The quantitative estimate of drug-likeness (QED) is 0.716. The zero-order valence-corrected chi connectivity index (χ0v) is 6.58. The number of ether oxygens (including phenoxy) is 1. The molecule has 68 valence electrons. The zero-order chi connectivity index (χ0) is 9.68. The van der Waals surface area contributed by atoms with Gasteiger partial charge in [0.05, 0.1) is 6.20 Å². The Kier molecular flexibility index (Phi) is 3.15. The molecule has 0 radical (unpaired) electrons. The number of rotatable bonds is 3. The summed E-state index contributed by atoms with van der Waals surface area (Å²) in [6.07, 6.45) is -1.27. The molecule has 0 unspecified atom stereocenters. The van der Waals surface area contributed by atoms with E-state index in [0.717, 1.165) is 0 Å². The van der Waals surface area contributed by atoms with E-state index in [9.17, 15) is 8.78 Å². The summed E-state index contributed by atoms with van der Waals surface area (Å²) in [6, 6.07) is 4.63. The summed E-state index contributed by atoms with van der Waals surface area (Å²) in [7, 11) is 0. The molecule has 5 heteroatoms. The largest absolute Gasteiger partial charge is 0.486 e. The average Bonchev–Trinajstić information content (AvgIpc) is 2.15. The molecule has 0 saturated heterocycles. The van der Waals surface area contributed by atoms with Crippen molar-refractivity contribution in [1.29, 1.82) is 5.26 Å². The predicted octanol–water partition coefficient (Wildman–Crippen LogP) is 1.60. The summed E-state index contributed by atoms with van der Waals surface area (Å²) in [5.74, 6) is 0.235. The first-order chi connectivity index (χ1) is 6.22. The summed E-state index contributed by atoms with van der Waals surface area (Å²) in [5, 5.41) is 8.37. The van der Waals surface area contributed by atoms with Crippen LogP contribution in [0.5, 0.6) is 5.75 Å². The molecule has 0 N–H and O–H groups in total. The van der Waals surface area contributed by atoms with E-state index in [2.05, 4.69) is 9.72 Å². The standard InChI is InChI=1S/C8H6F2N2O/c9-8(10)5-13-7-2-1-6(3-11)12-4-7/h1-2,4,8H,5H2. The van der Waals surface area contributed by atoms with Gasteiger partial charge in [0.1, 0.15) is 24.1 Å². The molecule has 0 aliphatic heterocycles. The van der Waals surface area contributed by atoms with E-state index < -0.39 is 13.0 Å². The predicted molar refractivity (Wildman–Crippen MR) is 40.5 cm³/mol. The number of hydrogen-bond donors (Lipinski definition) is 0. The Morgan fingerprint density at radius 3 is 2.77 bits per heavy atom. The van der Waals surface area contributed by atoms with Crippen molar-refractivity contribution in [2.75, 3.05) is 6.61 Å². The number of hydrogen-bond acceptors (Lipinski definition) is 3. The molecule has 1 heterocycles. The average molecular weight is 184 g/mol.